The predicted octanol–water partition coefficient (Wildman–Crippen LogP) is -1.58. The van der Waals surface area contributed by atoms with Gasteiger partial charge in [0.25, 0.3) is 11.8 Å². The maximum absolute atomic E-state index is 12.8. The molecule has 20 heteroatoms. The molecule has 1 aromatic heterocycles. The summed E-state index contributed by atoms with van der Waals surface area (Å²) in [7, 11) is -4.67. The summed E-state index contributed by atoms with van der Waals surface area (Å²) in [5.74, 6) is -3.93. The van der Waals surface area contributed by atoms with Crippen molar-refractivity contribution in [1.82, 2.24) is 19.6 Å². The molecule has 1 aromatic rings. The first-order valence-electron chi connectivity index (χ1n) is 9.01. The Labute approximate surface area is 204 Å². The standard InChI is InChI=1S/C15H16N6O7S2.H2O4S/c1-15(2,13(26)27)28-19-6(8-18-14(16)30-20-8)9(22)17-7-10(23)21-5(12(24)25)3-4-29-11(7)21;1-5(2,3)4/h3,7,11H,4H2,1-2H3,(H,17,22)(H,24,25)(H,26,27)(H2,16,18,20);(H2,1,2,3,4)/b19-6-;/t7-,11+;/m1./s1. The molecule has 2 aliphatic rings. The summed E-state index contributed by atoms with van der Waals surface area (Å²) in [4.78, 5) is 57.6. The molecule has 0 aliphatic carbocycles. The molecule has 2 atom stereocenters. The largest absolute Gasteiger partial charge is 0.478 e. The lowest BCUT2D eigenvalue weighted by Gasteiger charge is -2.48. The molecule has 0 unspecified atom stereocenters. The number of aliphatic carboxylic acids is 2. The number of rotatable bonds is 7. The molecule has 7 N–H and O–H groups in total. The second kappa shape index (κ2) is 10.5. The number of fused-ring (bicyclic) bond motifs is 1. The molecular formula is C15H18N6O11S3. The van der Waals surface area contributed by atoms with Crippen LogP contribution >= 0.6 is 23.3 Å². The van der Waals surface area contributed by atoms with Crippen LogP contribution in [0.5, 0.6) is 0 Å². The van der Waals surface area contributed by atoms with Gasteiger partial charge in [-0.05, 0) is 19.9 Å². The number of hydrogen-bond donors (Lipinski definition) is 6. The minimum atomic E-state index is -4.67. The summed E-state index contributed by atoms with van der Waals surface area (Å²) in [6.45, 7) is 2.45. The molecule has 0 spiro atoms. The van der Waals surface area contributed by atoms with E-state index in [-0.39, 0.29) is 16.7 Å². The maximum atomic E-state index is 12.8. The Kier molecular flexibility index (Phi) is 8.39. The fourth-order valence-corrected chi connectivity index (χ4v) is 4.09. The van der Waals surface area contributed by atoms with Crippen molar-refractivity contribution in [1.29, 1.82) is 0 Å². The minimum Gasteiger partial charge on any atom is -0.478 e. The summed E-state index contributed by atoms with van der Waals surface area (Å²) in [6, 6.07) is -1.01. The van der Waals surface area contributed by atoms with Gasteiger partial charge in [0, 0.05) is 17.3 Å². The van der Waals surface area contributed by atoms with Crippen LogP contribution in [0.15, 0.2) is 16.9 Å². The smallest absolute Gasteiger partial charge is 0.394 e. The summed E-state index contributed by atoms with van der Waals surface area (Å²) in [6.07, 6.45) is 1.41. The van der Waals surface area contributed by atoms with Crippen molar-refractivity contribution in [3.8, 4) is 0 Å². The topological polar surface area (TPSA) is 272 Å². The molecule has 1 saturated heterocycles. The van der Waals surface area contributed by atoms with E-state index in [1.54, 1.807) is 0 Å². The van der Waals surface area contributed by atoms with Gasteiger partial charge < -0.3 is 26.1 Å². The number of β-lactam (4-membered cyclic amide) rings is 1. The maximum Gasteiger partial charge on any atom is 0.394 e. The number of carboxylic acid groups (broad SMARTS) is 2. The summed E-state index contributed by atoms with van der Waals surface area (Å²) >= 11 is 2.06. The van der Waals surface area contributed by atoms with Crippen LogP contribution in [0.3, 0.4) is 0 Å². The molecule has 192 valence electrons. The average molecular weight is 555 g/mol. The Hall–Kier alpha value is -3.33. The molecule has 0 radical (unpaired) electrons. The monoisotopic (exact) mass is 554 g/mol. The Balaban J connectivity index is 0.000000784. The van der Waals surface area contributed by atoms with Gasteiger partial charge in [0.2, 0.25) is 17.1 Å². The van der Waals surface area contributed by atoms with Crippen molar-refractivity contribution in [2.24, 2.45) is 5.16 Å². The van der Waals surface area contributed by atoms with Crippen LogP contribution in [0.25, 0.3) is 0 Å². The number of thioether (sulfide) groups is 1. The lowest BCUT2D eigenvalue weighted by molar-refractivity contribution is -0.161. The number of nitrogens with two attached hydrogens (primary N) is 1. The first-order chi connectivity index (χ1) is 16.0. The molecule has 0 saturated carbocycles. The summed E-state index contributed by atoms with van der Waals surface area (Å²) < 4.78 is 35.5. The molecule has 0 aromatic carbocycles. The predicted molar refractivity (Wildman–Crippen MR) is 119 cm³/mol. The molecular weight excluding hydrogens is 536 g/mol. The van der Waals surface area contributed by atoms with E-state index in [9.17, 15) is 24.3 Å². The van der Waals surface area contributed by atoms with Crippen LogP contribution in [0, 0.1) is 0 Å². The van der Waals surface area contributed by atoms with Crippen molar-refractivity contribution in [2.75, 3.05) is 11.5 Å². The Morgan fingerprint density at radius 1 is 1.31 bits per heavy atom. The van der Waals surface area contributed by atoms with Crippen molar-refractivity contribution in [3.05, 3.63) is 17.6 Å². The van der Waals surface area contributed by atoms with Crippen molar-refractivity contribution in [3.63, 3.8) is 0 Å². The fraction of sp³-hybridized carbons (Fsp3) is 0.400. The van der Waals surface area contributed by atoms with Gasteiger partial charge in [-0.2, -0.15) is 17.8 Å². The molecule has 3 rings (SSSR count). The highest BCUT2D eigenvalue weighted by atomic mass is 32.3. The average Bonchev–Trinajstić information content (AvgIpc) is 3.15. The Bertz CT molecular complexity index is 1200. The number of carbonyl (C=O) groups is 4. The van der Waals surface area contributed by atoms with E-state index in [2.05, 4.69) is 19.8 Å². The lowest BCUT2D eigenvalue weighted by atomic mass is 10.0. The molecule has 35 heavy (non-hydrogen) atoms. The lowest BCUT2D eigenvalue weighted by Crippen LogP contribution is -2.70. The molecule has 1 fully saturated rings. The van der Waals surface area contributed by atoms with Gasteiger partial charge in [0.05, 0.1) is 0 Å². The van der Waals surface area contributed by atoms with E-state index in [0.29, 0.717) is 5.75 Å². The van der Waals surface area contributed by atoms with Crippen LogP contribution in [-0.2, 0) is 34.4 Å². The number of carboxylic acids is 2. The minimum absolute atomic E-state index is 0.0352. The first-order valence-corrected chi connectivity index (χ1v) is 12.2. The third kappa shape index (κ3) is 7.08. The van der Waals surface area contributed by atoms with Crippen molar-refractivity contribution in [2.45, 2.75) is 30.9 Å². The summed E-state index contributed by atoms with van der Waals surface area (Å²) in [5, 5.41) is 23.8. The zero-order valence-electron chi connectivity index (χ0n) is 17.7. The van der Waals surface area contributed by atoms with Crippen LogP contribution < -0.4 is 11.1 Å². The number of oxime groups is 1. The number of carbonyl (C=O) groups excluding carboxylic acids is 2. The van der Waals surface area contributed by atoms with E-state index in [4.69, 9.17) is 33.2 Å². The van der Waals surface area contributed by atoms with E-state index in [1.807, 2.05) is 0 Å². The first kappa shape index (κ1) is 27.9. The van der Waals surface area contributed by atoms with Crippen molar-refractivity contribution < 1.29 is 51.8 Å². The number of hydrogen-bond acceptors (Lipinski definition) is 13. The zero-order valence-corrected chi connectivity index (χ0v) is 20.1. The zero-order chi connectivity index (χ0) is 26.7. The van der Waals surface area contributed by atoms with Crippen LogP contribution in [0.1, 0.15) is 19.7 Å². The molecule has 2 amide bonds. The third-order valence-electron chi connectivity index (χ3n) is 4.10. The van der Waals surface area contributed by atoms with Gasteiger partial charge in [-0.15, -0.1) is 11.8 Å². The number of anilines is 1. The fourth-order valence-electron chi connectivity index (χ4n) is 2.46. The number of amides is 2. The van der Waals surface area contributed by atoms with Gasteiger partial charge in [0.15, 0.2) is 5.13 Å². The number of aromatic nitrogens is 2. The Morgan fingerprint density at radius 3 is 2.40 bits per heavy atom. The second-order valence-corrected chi connectivity index (χ2v) is 9.86. The summed E-state index contributed by atoms with van der Waals surface area (Å²) in [5.41, 5.74) is 3.16. The highest BCUT2D eigenvalue weighted by Crippen LogP contribution is 2.37. The van der Waals surface area contributed by atoms with Gasteiger partial charge in [-0.3, -0.25) is 23.6 Å². The highest BCUT2D eigenvalue weighted by molar-refractivity contribution is 8.00. The van der Waals surface area contributed by atoms with Gasteiger partial charge in [-0.1, -0.05) is 5.16 Å². The molecule has 17 nitrogen and oxygen atoms in total. The normalized spacial score (nSPS) is 19.9. The van der Waals surface area contributed by atoms with Crippen molar-refractivity contribution >= 4 is 68.3 Å². The highest BCUT2D eigenvalue weighted by Gasteiger charge is 2.53. The second-order valence-electron chi connectivity index (χ2n) is 7.03. The SMILES string of the molecule is CC(C)(O/N=C(\C(=O)N[C@@H]1C(=O)N2C(C(=O)O)=CCS[C@@H]12)c1nsc(N)n1)C(=O)O.O=S(=O)(O)O. The molecule has 2 aliphatic heterocycles. The number of nitrogens with one attached hydrogen (secondary N) is 1. The number of nitrogens with zero attached hydrogens (tertiary/aromatic N) is 4. The van der Waals surface area contributed by atoms with Gasteiger partial charge in [-0.25, -0.2) is 9.59 Å². The third-order valence-corrected chi connectivity index (χ3v) is 5.83. The van der Waals surface area contributed by atoms with Crippen LogP contribution in [-0.4, -0.2) is 94.2 Å². The number of nitrogen functional groups attached to an aromatic ring is 1. The van der Waals surface area contributed by atoms with Crippen LogP contribution in [0.2, 0.25) is 0 Å². The van der Waals surface area contributed by atoms with E-state index in [1.165, 1.54) is 31.7 Å². The van der Waals surface area contributed by atoms with Gasteiger partial charge in [0.1, 0.15) is 17.1 Å². The Morgan fingerprint density at radius 2 is 1.91 bits per heavy atom. The van der Waals surface area contributed by atoms with E-state index in [0.717, 1.165) is 16.4 Å². The quantitative estimate of drug-likeness (QED) is 0.0960. The van der Waals surface area contributed by atoms with E-state index < -0.39 is 56.9 Å². The van der Waals surface area contributed by atoms with E-state index >= 15 is 0 Å². The molecule has 0 bridgehead atoms. The van der Waals surface area contributed by atoms with Gasteiger partial charge >= 0.3 is 22.3 Å². The van der Waals surface area contributed by atoms with Crippen LogP contribution in [0.4, 0.5) is 5.13 Å². The molecule has 3 heterocycles.